The molecule has 0 aliphatic carbocycles. The van der Waals surface area contributed by atoms with Crippen LogP contribution in [0.1, 0.15) is 198 Å². The molecule has 26 nitrogen and oxygen atoms in total. The maximum atomic E-state index is 13.2. The molecule has 0 spiro atoms. The lowest BCUT2D eigenvalue weighted by Gasteiger charge is -2.27. The van der Waals surface area contributed by atoms with Crippen molar-refractivity contribution in [1.82, 2.24) is 40.8 Å². The number of ether oxygens (including phenoxy) is 1. The number of hydrogen-bond donors (Lipinski definition) is 4. The van der Waals surface area contributed by atoms with Gasteiger partial charge >= 0.3 is 23.6 Å². The topological polar surface area (TPSA) is 346 Å². The van der Waals surface area contributed by atoms with E-state index in [1.807, 2.05) is 171 Å². The number of ketones is 4. The summed E-state index contributed by atoms with van der Waals surface area (Å²) >= 11 is 0. The maximum absolute atomic E-state index is 13.2. The highest BCUT2D eigenvalue weighted by molar-refractivity contribution is 6.54. The molecule has 4 atom stereocenters. The minimum absolute atomic E-state index is 0.00655. The van der Waals surface area contributed by atoms with E-state index in [2.05, 4.69) is 82.3 Å². The number of anilines is 5. The van der Waals surface area contributed by atoms with E-state index in [-0.39, 0.29) is 80.6 Å². The van der Waals surface area contributed by atoms with E-state index in [0.717, 1.165) is 44.5 Å². The highest BCUT2D eigenvalue weighted by Crippen LogP contribution is 2.48. The number of aliphatic hydroxyl groups is 4. The van der Waals surface area contributed by atoms with Crippen LogP contribution in [0.15, 0.2) is 265 Å². The van der Waals surface area contributed by atoms with Crippen molar-refractivity contribution in [3.05, 3.63) is 365 Å². The summed E-state index contributed by atoms with van der Waals surface area (Å²) in [6, 6.07) is 69.2. The van der Waals surface area contributed by atoms with Gasteiger partial charge in [0.05, 0.1) is 69.6 Å². The summed E-state index contributed by atoms with van der Waals surface area (Å²) in [5, 5.41) is 77.8. The van der Waals surface area contributed by atoms with Crippen LogP contribution in [0.4, 0.5) is 29.1 Å². The summed E-state index contributed by atoms with van der Waals surface area (Å²) in [5.74, 6) is -3.85. The molecule has 4 N–H and O–H groups in total. The van der Waals surface area contributed by atoms with Gasteiger partial charge in [-0.2, -0.15) is 15.3 Å². The Morgan fingerprint density at radius 2 is 0.656 bits per heavy atom. The van der Waals surface area contributed by atoms with Gasteiger partial charge in [0.1, 0.15) is 28.8 Å². The molecule has 4 unspecified atom stereocenters. The number of amides is 4. The minimum atomic E-state index is -0.890. The summed E-state index contributed by atoms with van der Waals surface area (Å²) < 4.78 is 5.82. The molecule has 4 amide bonds. The first-order valence-corrected chi connectivity index (χ1v) is 43.0. The smallest absolute Gasteiger partial charge is 0.301 e. The zero-order chi connectivity index (χ0) is 94.2. The van der Waals surface area contributed by atoms with Gasteiger partial charge in [-0.05, 0) is 186 Å². The first-order chi connectivity index (χ1) is 62.5. The molecule has 4 saturated heterocycles. The number of aliphatic hydroxyl groups excluding tert-OH is 4. The number of aromatic nitrogens is 8. The lowest BCUT2D eigenvalue weighted by molar-refractivity contribution is -0.132. The van der Waals surface area contributed by atoms with Crippen LogP contribution in [0.3, 0.4) is 0 Å². The lowest BCUT2D eigenvalue weighted by atomic mass is 9.88. The van der Waals surface area contributed by atoms with Crippen molar-refractivity contribution < 1.29 is 63.5 Å². The van der Waals surface area contributed by atoms with Gasteiger partial charge in [-0.25, -0.2) is 0 Å². The Labute approximate surface area is 760 Å². The van der Waals surface area contributed by atoms with E-state index in [1.54, 1.807) is 153 Å². The van der Waals surface area contributed by atoms with Crippen molar-refractivity contribution >= 4 is 98.9 Å². The van der Waals surface area contributed by atoms with Gasteiger partial charge in [0.15, 0.2) is 29.1 Å². The van der Waals surface area contributed by atoms with Gasteiger partial charge in [-0.3, -0.25) is 58.0 Å². The zero-order valence-electron chi connectivity index (χ0n) is 76.0. The van der Waals surface area contributed by atoms with Gasteiger partial charge in [-0.15, -0.1) is 25.5 Å². The van der Waals surface area contributed by atoms with E-state index < -0.39 is 70.9 Å². The number of aryl methyl sites for hydroxylation is 7. The third kappa shape index (κ3) is 19.9. The fourth-order valence-corrected chi connectivity index (χ4v) is 15.8. The summed E-state index contributed by atoms with van der Waals surface area (Å²) in [6.45, 7) is 29.4. The fourth-order valence-electron chi connectivity index (χ4n) is 15.8. The molecular weight excluding hydrogens is 1650 g/mol. The molecule has 0 bridgehead atoms. The highest BCUT2D eigenvalue weighted by atomic mass is 16.5. The summed E-state index contributed by atoms with van der Waals surface area (Å²) in [5.41, 5.74) is 14.1. The quantitative estimate of drug-likeness (QED) is 0.0352. The van der Waals surface area contributed by atoms with Crippen molar-refractivity contribution in [1.29, 1.82) is 0 Å². The van der Waals surface area contributed by atoms with E-state index >= 15 is 0 Å². The molecule has 12 aromatic rings. The van der Waals surface area contributed by atoms with Gasteiger partial charge in [-0.1, -0.05) is 240 Å². The normalized spacial score (nSPS) is 17.7. The Bertz CT molecular complexity index is 6470. The molecule has 4 aliphatic rings. The van der Waals surface area contributed by atoms with Crippen LogP contribution >= 0.6 is 0 Å². The third-order valence-electron chi connectivity index (χ3n) is 22.8. The highest BCUT2D eigenvalue weighted by Gasteiger charge is 2.52. The average molecular weight is 1760 g/mol. The fraction of sp³-hybridized carbons (Fsp3) is 0.238. The second-order valence-corrected chi connectivity index (χ2v) is 34.1. The van der Waals surface area contributed by atoms with Crippen molar-refractivity contribution in [3.8, 4) is 5.75 Å². The predicted molar refractivity (Wildman–Crippen MR) is 504 cm³/mol. The second kappa shape index (κ2) is 39.7. The standard InChI is InChI=1S/C27H28N4O3.C26H25N3O4.2C26H25N3O3/c1-16(2)18-10-12-19(13-11-18)24-23(25(32)20-8-6-17(3)7-9-20)26(33)27(34)31(24)22-15-14-21(28-29-22)30(4)5;1-15(2)33-20-7-5-6-19(14-20)23-22(24(30)18-11-8-16(3)9-12-18)25(31)26(32)29(23)21-13-10-17(4)27-28-21;1-15(2)18-9-11-19(12-10-18)23-22(24(30)20-7-5-6-16(3)14-20)25(31)26(32)29(23)21-13-8-17(4)27-28-21;1-15(2)19-7-5-6-8-20(19)23-22(24(30)18-12-9-16(3)10-13-18)25(31)26(32)29(23)21-14-11-17(4)27-28-21/h6-16,24,32H,1-5H3;5-15,23,30H,1-4H3;2*5-15,23,30H,1-4H3. The molecule has 0 saturated carbocycles. The first-order valence-electron chi connectivity index (χ1n) is 43.0. The molecule has 131 heavy (non-hydrogen) atoms. The number of Topliss-reactive ketones (excluding diaryl/α,β-unsaturated/α-hetero) is 4. The molecule has 4 aromatic heterocycles. The van der Waals surface area contributed by atoms with Crippen LogP contribution in [0.2, 0.25) is 0 Å². The molecule has 8 heterocycles. The van der Waals surface area contributed by atoms with Gasteiger partial charge < -0.3 is 30.1 Å². The van der Waals surface area contributed by atoms with Gasteiger partial charge in [0, 0.05) is 36.3 Å². The Balaban J connectivity index is 0.000000149. The van der Waals surface area contributed by atoms with Crippen LogP contribution in [-0.4, -0.2) is 128 Å². The van der Waals surface area contributed by atoms with Gasteiger partial charge in [0.25, 0.3) is 23.1 Å². The molecular formula is C105H103N13O13. The van der Waals surface area contributed by atoms with Crippen LogP contribution in [0.25, 0.3) is 23.0 Å². The Morgan fingerprint density at radius 1 is 0.313 bits per heavy atom. The Morgan fingerprint density at radius 3 is 0.992 bits per heavy atom. The molecule has 4 aliphatic heterocycles. The van der Waals surface area contributed by atoms with Crippen molar-refractivity contribution in [2.24, 2.45) is 0 Å². The van der Waals surface area contributed by atoms with Crippen LogP contribution in [0.5, 0.6) is 5.75 Å². The van der Waals surface area contributed by atoms with Gasteiger partial charge in [0.2, 0.25) is 0 Å². The Hall–Kier alpha value is -15.6. The van der Waals surface area contributed by atoms with Crippen molar-refractivity contribution in [2.45, 2.75) is 152 Å². The first kappa shape index (κ1) is 93.1. The third-order valence-corrected chi connectivity index (χ3v) is 22.8. The molecule has 26 heteroatoms. The van der Waals surface area contributed by atoms with Crippen molar-refractivity contribution in [3.63, 3.8) is 0 Å². The zero-order valence-corrected chi connectivity index (χ0v) is 76.0. The molecule has 8 aromatic carbocycles. The maximum Gasteiger partial charge on any atom is 0.301 e. The molecule has 16 rings (SSSR count). The Kier molecular flexibility index (Phi) is 28.2. The van der Waals surface area contributed by atoms with Crippen LogP contribution < -0.4 is 29.2 Å². The summed E-state index contributed by atoms with van der Waals surface area (Å²) in [7, 11) is 3.68. The molecule has 0 radical (unpaired) electrons. The van der Waals surface area contributed by atoms with E-state index in [0.29, 0.717) is 79.4 Å². The minimum Gasteiger partial charge on any atom is -0.507 e. The number of carbonyl (C=O) groups excluding carboxylic acids is 8. The van der Waals surface area contributed by atoms with Crippen LogP contribution in [0, 0.1) is 48.5 Å². The largest absolute Gasteiger partial charge is 0.507 e. The summed E-state index contributed by atoms with van der Waals surface area (Å²) in [4.78, 5) is 113. The number of benzene rings is 8. The molecule has 4 fully saturated rings. The number of rotatable bonds is 18. The van der Waals surface area contributed by atoms with E-state index in [9.17, 15) is 58.8 Å². The predicted octanol–water partition coefficient (Wildman–Crippen LogP) is 18.8. The monoisotopic (exact) mass is 1750 g/mol. The second-order valence-electron chi connectivity index (χ2n) is 34.1. The number of nitrogens with zero attached hydrogens (tertiary/aromatic N) is 13. The molecule has 666 valence electrons. The van der Waals surface area contributed by atoms with Crippen LogP contribution in [-0.2, 0) is 38.4 Å². The van der Waals surface area contributed by atoms with E-state index in [4.69, 9.17) is 4.74 Å². The average Bonchev–Trinajstić information content (AvgIpc) is 1.59. The lowest BCUT2D eigenvalue weighted by Crippen LogP contribution is -2.31. The number of carbonyl (C=O) groups is 8. The number of hydrogen-bond acceptors (Lipinski definition) is 22. The SMILES string of the molecule is Cc1ccc(C(O)=C2C(=O)C(=O)N(c3ccc(C)nn3)C2c2cccc(OC(C)C)c2)cc1.Cc1ccc(C(O)=C2C(=O)C(=O)N(c3ccc(C)nn3)C2c2ccccc2C(C)C)cc1.Cc1ccc(C(O)=C2C(=O)C(=O)N(c3ccc(N(C)C)nn3)C2c2ccc(C(C)C)cc2)cc1.Cc1cccc(C(O)=C2C(=O)C(=O)N(c3ccc(C)nn3)C2c2ccc(C(C)C)cc2)c1. The van der Waals surface area contributed by atoms with E-state index in [1.165, 1.54) is 19.6 Å². The summed E-state index contributed by atoms with van der Waals surface area (Å²) in [6.07, 6.45) is -0.0536. The van der Waals surface area contributed by atoms with Crippen molar-refractivity contribution in [2.75, 3.05) is 38.6 Å².